The molecule has 2 N–H and O–H groups in total. The second-order valence-corrected chi connectivity index (χ2v) is 5.44. The number of aromatic amines is 1. The van der Waals surface area contributed by atoms with E-state index in [9.17, 15) is 9.18 Å². The van der Waals surface area contributed by atoms with Crippen LogP contribution in [0, 0.1) is 5.95 Å². The van der Waals surface area contributed by atoms with Crippen LogP contribution in [0.25, 0.3) is 0 Å². The minimum atomic E-state index is -0.586. The molecule has 2 aromatic heterocycles. The topological polar surface area (TPSA) is 73.9 Å². The highest BCUT2D eigenvalue weighted by Crippen LogP contribution is 2.26. The summed E-state index contributed by atoms with van der Waals surface area (Å²) in [5, 5.41) is 2.99. The van der Waals surface area contributed by atoms with Gasteiger partial charge in [0, 0.05) is 31.7 Å². The molecule has 1 atom stereocenters. The Balaban J connectivity index is 1.71. The Hall–Kier alpha value is -2.44. The molecule has 3 heterocycles. The van der Waals surface area contributed by atoms with Crippen LogP contribution in [-0.4, -0.2) is 39.5 Å². The Morgan fingerprint density at radius 2 is 2.29 bits per heavy atom. The Morgan fingerprint density at radius 1 is 1.48 bits per heavy atom. The molecule has 1 fully saturated rings. The van der Waals surface area contributed by atoms with Gasteiger partial charge in [0.25, 0.3) is 11.9 Å². The second-order valence-electron chi connectivity index (χ2n) is 5.44. The molecular formula is C14H16FN5O. The second kappa shape index (κ2) is 5.16. The minimum Gasteiger partial charge on any atom is -0.357 e. The van der Waals surface area contributed by atoms with E-state index in [-0.39, 0.29) is 11.7 Å². The average Bonchev–Trinajstić information content (AvgIpc) is 3.09. The van der Waals surface area contributed by atoms with Gasteiger partial charge in [0.15, 0.2) is 5.82 Å². The fraction of sp³-hybridized carbons (Fsp3) is 0.357. The molecule has 0 radical (unpaired) electrons. The quantitative estimate of drug-likeness (QED) is 0.894. The molecular weight excluding hydrogens is 273 g/mol. The standard InChI is InChI=1S/C14H16FN5O/c1-14(19-13(21)10-3-2-5-16-10)4-8-20(9-14)12-11(15)17-6-7-18-12/h2-3,5-7,16H,4,8-9H2,1H3,(H,19,21). The SMILES string of the molecule is CC1(NC(=O)c2ccc[nH]2)CCN(c2nccnc2F)C1. The number of amides is 1. The molecule has 0 aliphatic carbocycles. The maximum atomic E-state index is 13.7. The van der Waals surface area contributed by atoms with Crippen LogP contribution in [0.3, 0.4) is 0 Å². The van der Waals surface area contributed by atoms with Gasteiger partial charge in [-0.05, 0) is 25.5 Å². The van der Waals surface area contributed by atoms with E-state index < -0.39 is 11.5 Å². The van der Waals surface area contributed by atoms with E-state index in [4.69, 9.17) is 0 Å². The molecule has 6 nitrogen and oxygen atoms in total. The first kappa shape index (κ1) is 13.5. The molecule has 1 amide bonds. The van der Waals surface area contributed by atoms with Crippen LogP contribution in [0.4, 0.5) is 10.2 Å². The Kier molecular flexibility index (Phi) is 3.32. The fourth-order valence-electron chi connectivity index (χ4n) is 2.58. The Morgan fingerprint density at radius 3 is 3.00 bits per heavy atom. The summed E-state index contributed by atoms with van der Waals surface area (Å²) in [4.78, 5) is 24.4. The number of hydrogen-bond acceptors (Lipinski definition) is 4. The van der Waals surface area contributed by atoms with Crippen molar-refractivity contribution in [1.82, 2.24) is 20.3 Å². The predicted molar refractivity (Wildman–Crippen MR) is 75.5 cm³/mol. The van der Waals surface area contributed by atoms with Crippen LogP contribution < -0.4 is 10.2 Å². The van der Waals surface area contributed by atoms with Gasteiger partial charge in [-0.25, -0.2) is 9.97 Å². The highest BCUT2D eigenvalue weighted by atomic mass is 19.1. The van der Waals surface area contributed by atoms with Crippen molar-refractivity contribution < 1.29 is 9.18 Å². The summed E-state index contributed by atoms with van der Waals surface area (Å²) >= 11 is 0. The van der Waals surface area contributed by atoms with Gasteiger partial charge in [-0.15, -0.1) is 0 Å². The third kappa shape index (κ3) is 2.72. The molecule has 2 aromatic rings. The van der Waals surface area contributed by atoms with Crippen molar-refractivity contribution in [2.45, 2.75) is 18.9 Å². The van der Waals surface area contributed by atoms with E-state index in [1.807, 2.05) is 6.92 Å². The van der Waals surface area contributed by atoms with Crippen molar-refractivity contribution in [2.75, 3.05) is 18.0 Å². The number of carbonyl (C=O) groups is 1. The normalized spacial score (nSPS) is 21.5. The van der Waals surface area contributed by atoms with Gasteiger partial charge < -0.3 is 15.2 Å². The molecule has 3 rings (SSSR count). The zero-order valence-electron chi connectivity index (χ0n) is 11.6. The lowest BCUT2D eigenvalue weighted by molar-refractivity contribution is 0.0909. The van der Waals surface area contributed by atoms with Crippen molar-refractivity contribution in [2.24, 2.45) is 0 Å². The number of carbonyl (C=O) groups excluding carboxylic acids is 1. The predicted octanol–water partition coefficient (Wildman–Crippen LogP) is 1.34. The first-order valence-corrected chi connectivity index (χ1v) is 6.75. The molecule has 1 aliphatic heterocycles. The van der Waals surface area contributed by atoms with E-state index in [1.54, 1.807) is 23.2 Å². The monoisotopic (exact) mass is 289 g/mol. The fourth-order valence-corrected chi connectivity index (χ4v) is 2.58. The van der Waals surface area contributed by atoms with E-state index in [0.717, 1.165) is 6.42 Å². The zero-order valence-corrected chi connectivity index (χ0v) is 11.6. The number of rotatable bonds is 3. The van der Waals surface area contributed by atoms with Crippen molar-refractivity contribution in [3.8, 4) is 0 Å². The van der Waals surface area contributed by atoms with Crippen LogP contribution in [-0.2, 0) is 0 Å². The summed E-state index contributed by atoms with van der Waals surface area (Å²) in [6, 6.07) is 3.49. The van der Waals surface area contributed by atoms with Crippen LogP contribution in [0.2, 0.25) is 0 Å². The summed E-state index contributed by atoms with van der Waals surface area (Å²) < 4.78 is 13.7. The molecule has 110 valence electrons. The Labute approximate surface area is 121 Å². The maximum Gasteiger partial charge on any atom is 0.268 e. The number of anilines is 1. The van der Waals surface area contributed by atoms with Gasteiger partial charge in [0.2, 0.25) is 0 Å². The maximum absolute atomic E-state index is 13.7. The van der Waals surface area contributed by atoms with Gasteiger partial charge in [-0.3, -0.25) is 4.79 Å². The van der Waals surface area contributed by atoms with Crippen LogP contribution >= 0.6 is 0 Å². The number of halogens is 1. The third-order valence-corrected chi connectivity index (χ3v) is 3.67. The lowest BCUT2D eigenvalue weighted by Gasteiger charge is -2.26. The van der Waals surface area contributed by atoms with Gasteiger partial charge in [0.1, 0.15) is 5.69 Å². The first-order chi connectivity index (χ1) is 10.1. The van der Waals surface area contributed by atoms with E-state index in [0.29, 0.717) is 18.8 Å². The lowest BCUT2D eigenvalue weighted by Crippen LogP contribution is -2.48. The van der Waals surface area contributed by atoms with E-state index in [1.165, 1.54) is 12.4 Å². The number of nitrogens with zero attached hydrogens (tertiary/aromatic N) is 3. The molecule has 1 saturated heterocycles. The number of hydrogen-bond donors (Lipinski definition) is 2. The first-order valence-electron chi connectivity index (χ1n) is 6.75. The highest BCUT2D eigenvalue weighted by Gasteiger charge is 2.37. The van der Waals surface area contributed by atoms with Crippen LogP contribution in [0.1, 0.15) is 23.8 Å². The molecule has 1 aliphatic rings. The third-order valence-electron chi connectivity index (χ3n) is 3.67. The average molecular weight is 289 g/mol. The highest BCUT2D eigenvalue weighted by molar-refractivity contribution is 5.93. The van der Waals surface area contributed by atoms with E-state index in [2.05, 4.69) is 20.3 Å². The van der Waals surface area contributed by atoms with Crippen molar-refractivity contribution in [3.63, 3.8) is 0 Å². The van der Waals surface area contributed by atoms with Gasteiger partial charge in [-0.2, -0.15) is 4.39 Å². The van der Waals surface area contributed by atoms with E-state index >= 15 is 0 Å². The summed E-state index contributed by atoms with van der Waals surface area (Å²) in [5.74, 6) is -0.517. The molecule has 21 heavy (non-hydrogen) atoms. The van der Waals surface area contributed by atoms with Crippen molar-refractivity contribution >= 4 is 11.7 Å². The van der Waals surface area contributed by atoms with Gasteiger partial charge in [-0.1, -0.05) is 0 Å². The molecule has 0 spiro atoms. The number of nitrogens with one attached hydrogen (secondary N) is 2. The summed E-state index contributed by atoms with van der Waals surface area (Å²) in [7, 11) is 0. The van der Waals surface area contributed by atoms with Crippen LogP contribution in [0.5, 0.6) is 0 Å². The number of aromatic nitrogens is 3. The molecule has 0 saturated carbocycles. The largest absolute Gasteiger partial charge is 0.357 e. The zero-order chi connectivity index (χ0) is 14.9. The lowest BCUT2D eigenvalue weighted by atomic mass is 10.0. The Bertz CT molecular complexity index is 645. The smallest absolute Gasteiger partial charge is 0.268 e. The minimum absolute atomic E-state index is 0.163. The molecule has 0 aromatic carbocycles. The molecule has 0 bridgehead atoms. The van der Waals surface area contributed by atoms with Gasteiger partial charge in [0.05, 0.1) is 5.54 Å². The van der Waals surface area contributed by atoms with Crippen molar-refractivity contribution in [3.05, 3.63) is 42.4 Å². The van der Waals surface area contributed by atoms with Gasteiger partial charge >= 0.3 is 0 Å². The summed E-state index contributed by atoms with van der Waals surface area (Å²) in [5.41, 5.74) is 0.0898. The molecule has 1 unspecified atom stereocenters. The van der Waals surface area contributed by atoms with Crippen LogP contribution in [0.15, 0.2) is 30.7 Å². The summed E-state index contributed by atoms with van der Waals surface area (Å²) in [6.45, 7) is 3.06. The molecule has 7 heteroatoms. The number of H-pyrrole nitrogens is 1. The summed E-state index contributed by atoms with van der Waals surface area (Å²) in [6.07, 6.45) is 5.20. The van der Waals surface area contributed by atoms with Crippen molar-refractivity contribution in [1.29, 1.82) is 0 Å².